The van der Waals surface area contributed by atoms with Crippen LogP contribution in [0.1, 0.15) is 26.3 Å². The second-order valence-electron chi connectivity index (χ2n) is 7.24. The van der Waals surface area contributed by atoms with E-state index in [1.165, 1.54) is 11.9 Å². The van der Waals surface area contributed by atoms with Gasteiger partial charge in [0, 0.05) is 44.3 Å². The molecule has 2 atom stereocenters. The summed E-state index contributed by atoms with van der Waals surface area (Å²) in [4.78, 5) is 11.1. The van der Waals surface area contributed by atoms with Crippen LogP contribution >= 0.6 is 0 Å². The molecule has 1 aromatic heterocycles. The zero-order chi connectivity index (χ0) is 18.5. The van der Waals surface area contributed by atoms with Crippen LogP contribution in [0, 0.1) is 5.92 Å². The molecule has 7 nitrogen and oxygen atoms in total. The number of aromatic nitrogens is 3. The highest BCUT2D eigenvalue weighted by molar-refractivity contribution is 5.80. The summed E-state index contributed by atoms with van der Waals surface area (Å²) in [7, 11) is 1.82. The molecule has 140 valence electrons. The molecule has 2 aromatic rings. The van der Waals surface area contributed by atoms with E-state index in [1.807, 2.05) is 19.2 Å². The molecular weight excluding hydrogens is 326 g/mol. The van der Waals surface area contributed by atoms with Crippen LogP contribution in [0.3, 0.4) is 0 Å². The minimum atomic E-state index is 0.420. The third kappa shape index (κ3) is 4.40. The van der Waals surface area contributed by atoms with E-state index in [-0.39, 0.29) is 0 Å². The Morgan fingerprint density at radius 1 is 1.38 bits per heavy atom. The van der Waals surface area contributed by atoms with Crippen molar-refractivity contribution < 1.29 is 0 Å². The molecule has 0 saturated carbocycles. The Kier molecular flexibility index (Phi) is 5.88. The van der Waals surface area contributed by atoms with E-state index >= 15 is 0 Å². The molecule has 2 heterocycles. The molecule has 1 saturated heterocycles. The zero-order valence-electron chi connectivity index (χ0n) is 16.0. The maximum atomic E-state index is 4.39. The van der Waals surface area contributed by atoms with Gasteiger partial charge in [0.2, 0.25) is 0 Å². The van der Waals surface area contributed by atoms with Crippen LogP contribution in [0.15, 0.2) is 35.6 Å². The standard InChI is InChI=1S/C19H29N7/c1-13(2)26-10-14(3)17(11-26)24-19(20-4)21-9-15-6-5-7-16(8-15)18-22-12-23-25-18/h5-8,12-14,17H,9-11H2,1-4H3,(H2,20,21,24)(H,22,23,25). The first-order valence-corrected chi connectivity index (χ1v) is 9.22. The van der Waals surface area contributed by atoms with Crippen LogP contribution in [-0.4, -0.2) is 58.3 Å². The predicted octanol–water partition coefficient (Wildman–Crippen LogP) is 1.87. The van der Waals surface area contributed by atoms with Gasteiger partial charge in [0.05, 0.1) is 0 Å². The first kappa shape index (κ1) is 18.4. The lowest BCUT2D eigenvalue weighted by atomic mass is 10.1. The maximum absolute atomic E-state index is 4.39. The van der Waals surface area contributed by atoms with Crippen molar-refractivity contribution in [2.45, 2.75) is 39.4 Å². The first-order valence-electron chi connectivity index (χ1n) is 9.22. The Bertz CT molecular complexity index is 723. The van der Waals surface area contributed by atoms with Gasteiger partial charge in [-0.3, -0.25) is 15.0 Å². The quantitative estimate of drug-likeness (QED) is 0.563. The van der Waals surface area contributed by atoms with Crippen molar-refractivity contribution in [3.05, 3.63) is 36.2 Å². The molecule has 1 fully saturated rings. The summed E-state index contributed by atoms with van der Waals surface area (Å²) in [6.45, 7) is 9.70. The Hall–Kier alpha value is -2.41. The smallest absolute Gasteiger partial charge is 0.191 e. The number of aromatic amines is 1. The van der Waals surface area contributed by atoms with E-state index in [9.17, 15) is 0 Å². The lowest BCUT2D eigenvalue weighted by Crippen LogP contribution is -2.46. The number of aliphatic imine (C=N–C) groups is 1. The summed E-state index contributed by atoms with van der Waals surface area (Å²) in [5, 5.41) is 13.8. The summed E-state index contributed by atoms with van der Waals surface area (Å²) in [5.74, 6) is 2.23. The summed E-state index contributed by atoms with van der Waals surface area (Å²) < 4.78 is 0. The van der Waals surface area contributed by atoms with Gasteiger partial charge in [0.25, 0.3) is 0 Å². The molecular formula is C19H29N7. The van der Waals surface area contributed by atoms with Gasteiger partial charge in [-0.2, -0.15) is 5.10 Å². The number of hydrogen-bond acceptors (Lipinski definition) is 4. The number of rotatable bonds is 5. The van der Waals surface area contributed by atoms with Crippen LogP contribution in [-0.2, 0) is 6.54 Å². The lowest BCUT2D eigenvalue weighted by Gasteiger charge is -2.22. The minimum Gasteiger partial charge on any atom is -0.352 e. The predicted molar refractivity (Wildman–Crippen MR) is 105 cm³/mol. The molecule has 26 heavy (non-hydrogen) atoms. The number of benzene rings is 1. The molecule has 0 bridgehead atoms. The van der Waals surface area contributed by atoms with E-state index in [4.69, 9.17) is 0 Å². The van der Waals surface area contributed by atoms with E-state index in [0.29, 0.717) is 24.5 Å². The van der Waals surface area contributed by atoms with E-state index in [1.54, 1.807) is 0 Å². The SMILES string of the molecule is CN=C(NCc1cccc(-c2ncn[nH]2)c1)NC1CN(C(C)C)CC1C. The first-order chi connectivity index (χ1) is 12.6. The molecule has 0 aliphatic carbocycles. The van der Waals surface area contributed by atoms with Crippen LogP contribution < -0.4 is 10.6 Å². The number of likely N-dealkylation sites (tertiary alicyclic amines) is 1. The second-order valence-corrected chi connectivity index (χ2v) is 7.24. The topological polar surface area (TPSA) is 81.2 Å². The summed E-state index contributed by atoms with van der Waals surface area (Å²) in [6, 6.07) is 9.27. The number of nitrogens with one attached hydrogen (secondary N) is 3. The minimum absolute atomic E-state index is 0.420. The Morgan fingerprint density at radius 3 is 2.88 bits per heavy atom. The molecule has 1 aromatic carbocycles. The van der Waals surface area contributed by atoms with Crippen LogP contribution in [0.5, 0.6) is 0 Å². The van der Waals surface area contributed by atoms with E-state index in [0.717, 1.165) is 30.4 Å². The highest BCUT2D eigenvalue weighted by Crippen LogP contribution is 2.19. The van der Waals surface area contributed by atoms with Crippen LogP contribution in [0.4, 0.5) is 0 Å². The summed E-state index contributed by atoms with van der Waals surface area (Å²) in [6.07, 6.45) is 1.52. The van der Waals surface area contributed by atoms with Gasteiger partial charge in [-0.05, 0) is 31.4 Å². The highest BCUT2D eigenvalue weighted by atomic mass is 15.3. The molecule has 1 aliphatic heterocycles. The average Bonchev–Trinajstić information content (AvgIpc) is 3.29. The van der Waals surface area contributed by atoms with Gasteiger partial charge >= 0.3 is 0 Å². The lowest BCUT2D eigenvalue weighted by molar-refractivity contribution is 0.265. The zero-order valence-corrected chi connectivity index (χ0v) is 16.0. The monoisotopic (exact) mass is 355 g/mol. The second kappa shape index (κ2) is 8.31. The van der Waals surface area contributed by atoms with Crippen molar-refractivity contribution in [3.8, 4) is 11.4 Å². The molecule has 2 unspecified atom stereocenters. The van der Waals surface area contributed by atoms with Gasteiger partial charge in [-0.25, -0.2) is 4.98 Å². The Balaban J connectivity index is 1.57. The largest absolute Gasteiger partial charge is 0.352 e. The Morgan fingerprint density at radius 2 is 2.23 bits per heavy atom. The number of H-pyrrole nitrogens is 1. The van der Waals surface area contributed by atoms with Gasteiger partial charge < -0.3 is 10.6 Å². The Labute approximate surface area is 155 Å². The van der Waals surface area contributed by atoms with Gasteiger partial charge in [-0.1, -0.05) is 25.1 Å². The fourth-order valence-electron chi connectivity index (χ4n) is 3.34. The number of guanidine groups is 1. The molecule has 1 aliphatic rings. The summed E-state index contributed by atoms with van der Waals surface area (Å²) >= 11 is 0. The van der Waals surface area contributed by atoms with Crippen molar-refractivity contribution in [3.63, 3.8) is 0 Å². The fraction of sp³-hybridized carbons (Fsp3) is 0.526. The van der Waals surface area contributed by atoms with Gasteiger partial charge in [0.1, 0.15) is 6.33 Å². The third-order valence-corrected chi connectivity index (χ3v) is 4.99. The highest BCUT2D eigenvalue weighted by Gasteiger charge is 2.31. The maximum Gasteiger partial charge on any atom is 0.191 e. The van der Waals surface area contributed by atoms with Crippen molar-refractivity contribution >= 4 is 5.96 Å². The van der Waals surface area contributed by atoms with Crippen molar-refractivity contribution in [1.29, 1.82) is 0 Å². The van der Waals surface area contributed by atoms with Crippen molar-refractivity contribution in [2.24, 2.45) is 10.9 Å². The third-order valence-electron chi connectivity index (χ3n) is 4.99. The summed E-state index contributed by atoms with van der Waals surface area (Å²) in [5.41, 5.74) is 2.20. The van der Waals surface area contributed by atoms with Gasteiger partial charge in [0.15, 0.2) is 11.8 Å². The van der Waals surface area contributed by atoms with E-state index < -0.39 is 0 Å². The van der Waals surface area contributed by atoms with Crippen LogP contribution in [0.25, 0.3) is 11.4 Å². The molecule has 0 radical (unpaired) electrons. The molecule has 0 amide bonds. The average molecular weight is 355 g/mol. The number of hydrogen-bond donors (Lipinski definition) is 3. The molecule has 0 spiro atoms. The van der Waals surface area contributed by atoms with E-state index in [2.05, 4.69) is 68.6 Å². The number of nitrogens with zero attached hydrogens (tertiary/aromatic N) is 4. The molecule has 7 heteroatoms. The molecule has 3 N–H and O–H groups in total. The van der Waals surface area contributed by atoms with Crippen molar-refractivity contribution in [2.75, 3.05) is 20.1 Å². The van der Waals surface area contributed by atoms with Crippen LogP contribution in [0.2, 0.25) is 0 Å². The fourth-order valence-corrected chi connectivity index (χ4v) is 3.34. The normalized spacial score (nSPS) is 21.3. The van der Waals surface area contributed by atoms with Gasteiger partial charge in [-0.15, -0.1) is 0 Å². The molecule has 3 rings (SSSR count). The van der Waals surface area contributed by atoms with Crippen molar-refractivity contribution in [1.82, 2.24) is 30.7 Å².